The van der Waals surface area contributed by atoms with Crippen LogP contribution in [0.4, 0.5) is 0 Å². The summed E-state index contributed by atoms with van der Waals surface area (Å²) in [7, 11) is -4.51. The molecule has 37 heavy (non-hydrogen) atoms. The summed E-state index contributed by atoms with van der Waals surface area (Å²) in [6, 6.07) is 10.3. The number of Topliss-reactive ketones (excluding diaryl/α,β-unsaturated/α-hetero) is 1. The third-order valence-electron chi connectivity index (χ3n) is 9.07. The van der Waals surface area contributed by atoms with E-state index in [1.807, 2.05) is 18.2 Å². The van der Waals surface area contributed by atoms with Gasteiger partial charge in [-0.15, -0.1) is 0 Å². The fourth-order valence-electron chi connectivity index (χ4n) is 7.54. The van der Waals surface area contributed by atoms with Crippen molar-refractivity contribution >= 4 is 22.4 Å². The van der Waals surface area contributed by atoms with Gasteiger partial charge in [-0.2, -0.15) is 0 Å². The van der Waals surface area contributed by atoms with Crippen molar-refractivity contribution in [3.8, 4) is 0 Å². The summed E-state index contributed by atoms with van der Waals surface area (Å²) >= 11 is 0. The first-order chi connectivity index (χ1) is 17.2. The van der Waals surface area contributed by atoms with E-state index >= 15 is 0 Å². The topological polar surface area (TPSA) is 44.8 Å². The Balaban J connectivity index is 2.47. The van der Waals surface area contributed by atoms with Gasteiger partial charge in [0.25, 0.3) is 0 Å². The van der Waals surface area contributed by atoms with Gasteiger partial charge in [0.15, 0.2) is 5.78 Å². The van der Waals surface area contributed by atoms with Gasteiger partial charge >= 0.3 is 0 Å². The highest BCUT2D eigenvalue weighted by atomic mass is 28.4. The Bertz CT molecular complexity index is 791. The van der Waals surface area contributed by atoms with Crippen molar-refractivity contribution in [3.63, 3.8) is 0 Å². The number of hydrogen-bond donors (Lipinski definition) is 0. The number of rotatable bonds is 14. The molecule has 0 bridgehead atoms. The molecule has 1 aromatic rings. The minimum atomic E-state index is -2.27. The van der Waals surface area contributed by atoms with Crippen molar-refractivity contribution in [1.29, 1.82) is 0 Å². The molecule has 0 saturated heterocycles. The average molecular weight is 549 g/mol. The second kappa shape index (κ2) is 13.5. The maximum Gasteiger partial charge on any atom is 0.201 e. The zero-order valence-corrected chi connectivity index (χ0v) is 27.8. The van der Waals surface area contributed by atoms with Crippen LogP contribution in [0.3, 0.4) is 0 Å². The molecule has 0 aliphatic heterocycles. The molecule has 0 aromatic heterocycles. The van der Waals surface area contributed by atoms with Gasteiger partial charge < -0.3 is 13.6 Å². The molecule has 1 fully saturated rings. The zero-order valence-electron chi connectivity index (χ0n) is 25.8. The molecule has 0 N–H and O–H groups in total. The molecule has 0 amide bonds. The van der Waals surface area contributed by atoms with Crippen molar-refractivity contribution in [2.45, 2.75) is 142 Å². The Morgan fingerprint density at radius 1 is 0.703 bits per heavy atom. The van der Waals surface area contributed by atoms with E-state index in [1.165, 1.54) is 0 Å². The van der Waals surface area contributed by atoms with Gasteiger partial charge in [0.1, 0.15) is 6.10 Å². The number of ether oxygens (including phenoxy) is 1. The largest absolute Gasteiger partial charge is 0.410 e. The van der Waals surface area contributed by atoms with Crippen LogP contribution >= 0.6 is 0 Å². The highest BCUT2D eigenvalue weighted by Gasteiger charge is 2.56. The maximum absolute atomic E-state index is 13.7. The van der Waals surface area contributed by atoms with Crippen LogP contribution in [0.1, 0.15) is 95.1 Å². The van der Waals surface area contributed by atoms with Crippen LogP contribution in [0.2, 0.25) is 33.2 Å². The lowest BCUT2D eigenvalue weighted by atomic mass is 10.1. The second-order valence-electron chi connectivity index (χ2n) is 13.2. The van der Waals surface area contributed by atoms with Crippen molar-refractivity contribution in [2.75, 3.05) is 6.61 Å². The quantitative estimate of drug-likeness (QED) is 0.218. The molecular weight excluding hydrogens is 493 g/mol. The molecule has 0 unspecified atom stereocenters. The summed E-state index contributed by atoms with van der Waals surface area (Å²) in [5.41, 5.74) is 3.72. The fraction of sp³-hybridized carbons (Fsp3) is 0.774. The van der Waals surface area contributed by atoms with Crippen LogP contribution in [-0.4, -0.2) is 41.2 Å². The van der Waals surface area contributed by atoms with Crippen molar-refractivity contribution < 1.29 is 18.4 Å². The summed E-state index contributed by atoms with van der Waals surface area (Å²) in [5.74, 6) is 0.221. The zero-order chi connectivity index (χ0) is 28.1. The number of benzene rings is 1. The first kappa shape index (κ1) is 32.4. The Labute approximate surface area is 230 Å². The van der Waals surface area contributed by atoms with E-state index in [4.69, 9.17) is 13.6 Å². The van der Waals surface area contributed by atoms with Gasteiger partial charge in [-0.1, -0.05) is 113 Å². The van der Waals surface area contributed by atoms with Crippen molar-refractivity contribution in [3.05, 3.63) is 35.9 Å². The Morgan fingerprint density at radius 2 is 1.14 bits per heavy atom. The smallest absolute Gasteiger partial charge is 0.201 e. The predicted molar refractivity (Wildman–Crippen MR) is 161 cm³/mol. The first-order valence-electron chi connectivity index (χ1n) is 14.7. The van der Waals surface area contributed by atoms with E-state index < -0.39 is 22.7 Å². The number of carbonyl (C=O) groups excluding carboxylic acids is 1. The lowest BCUT2D eigenvalue weighted by molar-refractivity contribution is -0.125. The Kier molecular flexibility index (Phi) is 11.8. The maximum atomic E-state index is 13.7. The molecule has 1 saturated carbocycles. The molecule has 1 aliphatic carbocycles. The van der Waals surface area contributed by atoms with Crippen LogP contribution in [-0.2, 0) is 25.0 Å². The molecule has 0 radical (unpaired) electrons. The van der Waals surface area contributed by atoms with E-state index in [0.29, 0.717) is 52.9 Å². The minimum absolute atomic E-state index is 0.0162. The van der Waals surface area contributed by atoms with Crippen LogP contribution in [0.15, 0.2) is 30.3 Å². The molecule has 212 valence electrons. The lowest BCUT2D eigenvalue weighted by Gasteiger charge is -2.48. The Hall–Kier alpha value is -0.796. The molecule has 1 aromatic carbocycles. The fourth-order valence-corrected chi connectivity index (χ4v) is 18.7. The van der Waals surface area contributed by atoms with E-state index in [2.05, 4.69) is 95.2 Å². The predicted octanol–water partition coefficient (Wildman–Crippen LogP) is 8.91. The van der Waals surface area contributed by atoms with E-state index in [1.54, 1.807) is 0 Å². The van der Waals surface area contributed by atoms with Gasteiger partial charge in [-0.25, -0.2) is 0 Å². The molecule has 2 rings (SSSR count). The molecule has 6 heteroatoms. The summed E-state index contributed by atoms with van der Waals surface area (Å²) in [6.45, 7) is 28.7. The van der Waals surface area contributed by atoms with Crippen LogP contribution < -0.4 is 0 Å². The molecule has 4 nitrogen and oxygen atoms in total. The van der Waals surface area contributed by atoms with E-state index in [0.717, 1.165) is 5.56 Å². The minimum Gasteiger partial charge on any atom is -0.410 e. The molecule has 0 heterocycles. The van der Waals surface area contributed by atoms with Gasteiger partial charge in [-0.3, -0.25) is 4.79 Å². The number of ketones is 1. The van der Waals surface area contributed by atoms with Crippen LogP contribution in [0, 0.1) is 5.92 Å². The van der Waals surface area contributed by atoms with Crippen LogP contribution in [0.25, 0.3) is 0 Å². The second-order valence-corrected chi connectivity index (χ2v) is 24.0. The third kappa shape index (κ3) is 6.86. The van der Waals surface area contributed by atoms with Crippen molar-refractivity contribution in [1.82, 2.24) is 0 Å². The normalized spacial score (nSPS) is 21.6. The highest BCUT2D eigenvalue weighted by Crippen LogP contribution is 2.49. The first-order valence-corrected chi connectivity index (χ1v) is 19.0. The molecule has 3 atom stereocenters. The molecular formula is C31H56O4Si2. The summed E-state index contributed by atoms with van der Waals surface area (Å²) in [5, 5.41) is 0. The average Bonchev–Trinajstić information content (AvgIpc) is 3.08. The van der Waals surface area contributed by atoms with Gasteiger partial charge in [-0.05, 0) is 38.8 Å². The van der Waals surface area contributed by atoms with Crippen molar-refractivity contribution in [2.24, 2.45) is 5.92 Å². The van der Waals surface area contributed by atoms with Gasteiger partial charge in [0.05, 0.1) is 19.3 Å². The Morgan fingerprint density at radius 3 is 1.57 bits per heavy atom. The lowest BCUT2D eigenvalue weighted by Crippen LogP contribution is -2.57. The van der Waals surface area contributed by atoms with E-state index in [-0.39, 0.29) is 17.8 Å². The van der Waals surface area contributed by atoms with Gasteiger partial charge in [0.2, 0.25) is 16.6 Å². The van der Waals surface area contributed by atoms with Gasteiger partial charge in [0, 0.05) is 12.3 Å². The SMILES string of the molecule is CC(C)[Si](O[C@@H]1[C@@H](COCc2ccccc2)CC(=O)[C@@H]1O[Si](C(C)C)(C(C)C)C(C)C)(C(C)C)C(C)C. The molecule has 0 spiro atoms. The standard InChI is InChI=1S/C31H56O4Si2/c1-21(2)36(22(3)4,23(5)6)34-30-28(20-33-19-27-16-14-13-15-17-27)18-29(32)31(30)35-37(24(7)8,25(9)10)26(11)12/h13-17,21-26,28,30-31H,18-20H2,1-12H3/t28-,30-,31+/m1/s1. The third-order valence-corrected chi connectivity index (χ3v) is 21.2. The number of carbonyl (C=O) groups is 1. The summed E-state index contributed by atoms with van der Waals surface area (Å²) in [4.78, 5) is 13.7. The highest BCUT2D eigenvalue weighted by molar-refractivity contribution is 6.78. The molecule has 1 aliphatic rings. The summed E-state index contributed by atoms with van der Waals surface area (Å²) < 4.78 is 20.9. The summed E-state index contributed by atoms with van der Waals surface area (Å²) in [6.07, 6.45) is -0.264. The number of hydrogen-bond acceptors (Lipinski definition) is 4. The van der Waals surface area contributed by atoms with E-state index in [9.17, 15) is 4.79 Å². The van der Waals surface area contributed by atoms with Crippen LogP contribution in [0.5, 0.6) is 0 Å². The monoisotopic (exact) mass is 548 g/mol.